The standard InChI is InChI=1S/C16H16FN3O/c1-21-14-7-5-13(6-8-14)20-15(10-19-16(20)18)11-3-2-4-12(17)9-11/h2-9,15H,10H2,1H3,(H2,18,19). The molecule has 0 aromatic heterocycles. The molecule has 1 aliphatic rings. The van der Waals surface area contributed by atoms with Crippen LogP contribution in [0.5, 0.6) is 5.75 Å². The van der Waals surface area contributed by atoms with E-state index in [0.717, 1.165) is 17.0 Å². The Hall–Kier alpha value is -2.56. The Bertz CT molecular complexity index is 669. The summed E-state index contributed by atoms with van der Waals surface area (Å²) in [6.07, 6.45) is 0. The lowest BCUT2D eigenvalue weighted by Crippen LogP contribution is -2.36. The number of hydrogen-bond donors (Lipinski definition) is 1. The number of nitrogens with two attached hydrogens (primary N) is 1. The van der Waals surface area contributed by atoms with Crippen LogP contribution in [-0.2, 0) is 0 Å². The molecule has 0 bridgehead atoms. The van der Waals surface area contributed by atoms with E-state index in [-0.39, 0.29) is 11.9 Å². The summed E-state index contributed by atoms with van der Waals surface area (Å²) in [5.41, 5.74) is 7.76. The summed E-state index contributed by atoms with van der Waals surface area (Å²) in [6.45, 7) is 0.515. The molecule has 0 amide bonds. The average molecular weight is 285 g/mol. The Morgan fingerprint density at radius 2 is 2.00 bits per heavy atom. The molecule has 1 heterocycles. The highest BCUT2D eigenvalue weighted by Gasteiger charge is 2.29. The van der Waals surface area contributed by atoms with E-state index in [1.807, 2.05) is 35.2 Å². The first-order valence-corrected chi connectivity index (χ1v) is 6.67. The van der Waals surface area contributed by atoms with Crippen molar-refractivity contribution in [1.82, 2.24) is 0 Å². The smallest absolute Gasteiger partial charge is 0.196 e. The summed E-state index contributed by atoms with van der Waals surface area (Å²) in [4.78, 5) is 6.20. The predicted molar refractivity (Wildman–Crippen MR) is 81.1 cm³/mol. The minimum Gasteiger partial charge on any atom is -0.497 e. The molecule has 1 unspecified atom stereocenters. The Morgan fingerprint density at radius 1 is 1.24 bits per heavy atom. The van der Waals surface area contributed by atoms with E-state index >= 15 is 0 Å². The van der Waals surface area contributed by atoms with Gasteiger partial charge in [0.2, 0.25) is 0 Å². The van der Waals surface area contributed by atoms with Gasteiger partial charge in [0.1, 0.15) is 11.6 Å². The van der Waals surface area contributed by atoms with Gasteiger partial charge in [-0.05, 0) is 42.0 Å². The monoisotopic (exact) mass is 285 g/mol. The van der Waals surface area contributed by atoms with Crippen molar-refractivity contribution in [3.05, 3.63) is 59.9 Å². The van der Waals surface area contributed by atoms with Gasteiger partial charge in [-0.15, -0.1) is 0 Å². The predicted octanol–water partition coefficient (Wildman–Crippen LogP) is 2.71. The lowest BCUT2D eigenvalue weighted by atomic mass is 10.1. The fourth-order valence-corrected chi connectivity index (χ4v) is 2.52. The number of nitrogens with zero attached hydrogens (tertiary/aromatic N) is 2. The molecule has 0 aliphatic carbocycles. The summed E-state index contributed by atoms with van der Waals surface area (Å²) in [7, 11) is 1.62. The van der Waals surface area contributed by atoms with Gasteiger partial charge in [-0.2, -0.15) is 0 Å². The molecule has 0 saturated carbocycles. The first-order chi connectivity index (χ1) is 10.2. The first-order valence-electron chi connectivity index (χ1n) is 6.67. The molecular formula is C16H16FN3O. The van der Waals surface area contributed by atoms with E-state index < -0.39 is 0 Å². The van der Waals surface area contributed by atoms with Gasteiger partial charge < -0.3 is 15.4 Å². The van der Waals surface area contributed by atoms with Gasteiger partial charge in [-0.3, -0.25) is 4.99 Å². The molecule has 21 heavy (non-hydrogen) atoms. The summed E-state index contributed by atoms with van der Waals surface area (Å²) < 4.78 is 18.6. The molecule has 5 heteroatoms. The molecule has 2 aromatic rings. The van der Waals surface area contributed by atoms with Gasteiger partial charge in [0.25, 0.3) is 0 Å². The van der Waals surface area contributed by atoms with Crippen molar-refractivity contribution in [2.45, 2.75) is 6.04 Å². The SMILES string of the molecule is COc1ccc(N2C(N)=NCC2c2cccc(F)c2)cc1. The van der Waals surface area contributed by atoms with Crippen LogP contribution in [0.15, 0.2) is 53.5 Å². The average Bonchev–Trinajstić information content (AvgIpc) is 2.89. The number of anilines is 1. The van der Waals surface area contributed by atoms with Gasteiger partial charge in [-0.25, -0.2) is 4.39 Å². The summed E-state index contributed by atoms with van der Waals surface area (Å²) in [5, 5.41) is 0. The Balaban J connectivity index is 1.95. The highest BCUT2D eigenvalue weighted by molar-refractivity contribution is 5.97. The van der Waals surface area contributed by atoms with Crippen LogP contribution in [-0.4, -0.2) is 19.6 Å². The molecular weight excluding hydrogens is 269 g/mol. The zero-order valence-electron chi connectivity index (χ0n) is 11.7. The molecule has 3 rings (SSSR count). The van der Waals surface area contributed by atoms with Crippen LogP contribution in [0, 0.1) is 5.82 Å². The summed E-state index contributed by atoms with van der Waals surface area (Å²) in [6, 6.07) is 14.0. The van der Waals surface area contributed by atoms with Crippen LogP contribution >= 0.6 is 0 Å². The molecule has 0 spiro atoms. The molecule has 108 valence electrons. The number of benzene rings is 2. The van der Waals surface area contributed by atoms with Crippen molar-refractivity contribution in [2.24, 2.45) is 10.7 Å². The van der Waals surface area contributed by atoms with Crippen molar-refractivity contribution in [3.8, 4) is 5.75 Å². The van der Waals surface area contributed by atoms with Crippen LogP contribution < -0.4 is 15.4 Å². The zero-order valence-corrected chi connectivity index (χ0v) is 11.7. The Morgan fingerprint density at radius 3 is 2.67 bits per heavy atom. The zero-order chi connectivity index (χ0) is 14.8. The summed E-state index contributed by atoms with van der Waals surface area (Å²) in [5.74, 6) is 0.956. The molecule has 0 radical (unpaired) electrons. The van der Waals surface area contributed by atoms with Gasteiger partial charge in [0.15, 0.2) is 5.96 Å². The maximum Gasteiger partial charge on any atom is 0.196 e. The third kappa shape index (κ3) is 2.54. The molecule has 1 atom stereocenters. The van der Waals surface area contributed by atoms with Crippen LogP contribution in [0.3, 0.4) is 0 Å². The largest absolute Gasteiger partial charge is 0.497 e. The molecule has 2 N–H and O–H groups in total. The molecule has 2 aromatic carbocycles. The maximum atomic E-state index is 13.4. The second kappa shape index (κ2) is 5.44. The Kier molecular flexibility index (Phi) is 3.48. The topological polar surface area (TPSA) is 50.9 Å². The highest BCUT2D eigenvalue weighted by Crippen LogP contribution is 2.32. The minimum absolute atomic E-state index is 0.0888. The van der Waals surface area contributed by atoms with E-state index in [1.54, 1.807) is 13.2 Å². The number of methoxy groups -OCH3 is 1. The fraction of sp³-hybridized carbons (Fsp3) is 0.188. The number of aliphatic imine (C=N–C) groups is 1. The summed E-state index contributed by atoms with van der Waals surface area (Å²) >= 11 is 0. The van der Waals surface area contributed by atoms with Gasteiger partial charge >= 0.3 is 0 Å². The van der Waals surface area contributed by atoms with Crippen molar-refractivity contribution >= 4 is 11.6 Å². The van der Waals surface area contributed by atoms with Crippen molar-refractivity contribution in [1.29, 1.82) is 0 Å². The number of guanidine groups is 1. The highest BCUT2D eigenvalue weighted by atomic mass is 19.1. The van der Waals surface area contributed by atoms with Crippen LogP contribution in [0.2, 0.25) is 0 Å². The lowest BCUT2D eigenvalue weighted by Gasteiger charge is -2.26. The van der Waals surface area contributed by atoms with E-state index in [2.05, 4.69) is 4.99 Å². The third-order valence-electron chi connectivity index (χ3n) is 3.57. The van der Waals surface area contributed by atoms with Crippen LogP contribution in [0.25, 0.3) is 0 Å². The number of ether oxygens (including phenoxy) is 1. The molecule has 1 aliphatic heterocycles. The molecule has 0 fully saturated rings. The second-order valence-corrected chi connectivity index (χ2v) is 4.84. The van der Waals surface area contributed by atoms with Crippen LogP contribution in [0.4, 0.5) is 10.1 Å². The van der Waals surface area contributed by atoms with Gasteiger partial charge in [-0.1, -0.05) is 12.1 Å². The van der Waals surface area contributed by atoms with Gasteiger partial charge in [0, 0.05) is 5.69 Å². The van der Waals surface area contributed by atoms with E-state index in [1.165, 1.54) is 12.1 Å². The minimum atomic E-state index is -0.257. The maximum absolute atomic E-state index is 13.4. The number of hydrogen-bond acceptors (Lipinski definition) is 4. The van der Waals surface area contributed by atoms with Crippen molar-refractivity contribution in [2.75, 3.05) is 18.6 Å². The molecule has 0 saturated heterocycles. The second-order valence-electron chi connectivity index (χ2n) is 4.84. The third-order valence-corrected chi connectivity index (χ3v) is 3.57. The molecule has 4 nitrogen and oxygen atoms in total. The first kappa shape index (κ1) is 13.4. The van der Waals surface area contributed by atoms with Crippen molar-refractivity contribution < 1.29 is 9.13 Å². The van der Waals surface area contributed by atoms with E-state index in [9.17, 15) is 4.39 Å². The van der Waals surface area contributed by atoms with Crippen molar-refractivity contribution in [3.63, 3.8) is 0 Å². The van der Waals surface area contributed by atoms with E-state index in [4.69, 9.17) is 10.5 Å². The van der Waals surface area contributed by atoms with Gasteiger partial charge in [0.05, 0.1) is 19.7 Å². The fourth-order valence-electron chi connectivity index (χ4n) is 2.52. The number of halogens is 1. The quantitative estimate of drug-likeness (QED) is 0.943. The Labute approximate surface area is 122 Å². The van der Waals surface area contributed by atoms with E-state index in [0.29, 0.717) is 12.5 Å². The normalized spacial score (nSPS) is 17.7. The number of rotatable bonds is 3. The van der Waals surface area contributed by atoms with Crippen LogP contribution in [0.1, 0.15) is 11.6 Å². The lowest BCUT2D eigenvalue weighted by molar-refractivity contribution is 0.415.